The molecule has 0 fully saturated rings. The van der Waals surface area contributed by atoms with Gasteiger partial charge in [0.2, 0.25) is 0 Å². The smallest absolute Gasteiger partial charge is 0.282 e. The van der Waals surface area contributed by atoms with Crippen molar-refractivity contribution in [3.63, 3.8) is 0 Å². The summed E-state index contributed by atoms with van der Waals surface area (Å²) >= 11 is 7.02. The normalized spacial score (nSPS) is 12.1. The highest BCUT2D eigenvalue weighted by molar-refractivity contribution is 8.13. The Morgan fingerprint density at radius 2 is 2.21 bits per heavy atom. The molecule has 6 nitrogen and oxygen atoms in total. The largest absolute Gasteiger partial charge is 0.296 e. The van der Waals surface area contributed by atoms with Crippen molar-refractivity contribution in [2.75, 3.05) is 6.26 Å². The molecule has 0 atom stereocenters. The highest BCUT2D eigenvalue weighted by Crippen LogP contribution is 2.31. The number of nitrogens with zero attached hydrogens (tertiary/aromatic N) is 2. The van der Waals surface area contributed by atoms with E-state index in [2.05, 4.69) is 10.3 Å². The molecular formula is C10H10ClN3O3S2. The van der Waals surface area contributed by atoms with Crippen LogP contribution in [-0.2, 0) is 10.1 Å². The minimum Gasteiger partial charge on any atom is -0.282 e. The molecule has 0 saturated carbocycles. The van der Waals surface area contributed by atoms with E-state index in [-0.39, 0.29) is 15.8 Å². The van der Waals surface area contributed by atoms with Gasteiger partial charge in [-0.15, -0.1) is 0 Å². The fourth-order valence-electron chi connectivity index (χ4n) is 1.22. The minimum absolute atomic E-state index is 0.0369. The second-order valence-corrected chi connectivity index (χ2v) is 5.99. The highest BCUT2D eigenvalue weighted by Gasteiger charge is 2.17. The van der Waals surface area contributed by atoms with Crippen molar-refractivity contribution in [3.8, 4) is 6.19 Å². The number of benzene rings is 1. The maximum Gasteiger partial charge on any atom is 0.296 e. The van der Waals surface area contributed by atoms with Gasteiger partial charge in [0.15, 0.2) is 11.4 Å². The Kier molecular flexibility index (Phi) is 5.20. The van der Waals surface area contributed by atoms with E-state index < -0.39 is 10.1 Å². The van der Waals surface area contributed by atoms with Crippen LogP contribution in [0.25, 0.3) is 0 Å². The van der Waals surface area contributed by atoms with Gasteiger partial charge in [0.1, 0.15) is 4.90 Å². The molecule has 0 bridgehead atoms. The number of aliphatic imine (C=N–C) groups is 1. The summed E-state index contributed by atoms with van der Waals surface area (Å²) in [5.41, 5.74) is 0.456. The van der Waals surface area contributed by atoms with Gasteiger partial charge in [-0.25, -0.2) is 4.99 Å². The first-order valence-corrected chi connectivity index (χ1v) is 7.89. The fraction of sp³-hybridized carbons (Fsp3) is 0.200. The molecule has 1 aromatic rings. The molecule has 0 aliphatic rings. The average Bonchev–Trinajstić information content (AvgIpc) is 2.31. The van der Waals surface area contributed by atoms with E-state index in [0.29, 0.717) is 10.6 Å². The first kappa shape index (κ1) is 15.8. The molecule has 0 saturated heterocycles. The van der Waals surface area contributed by atoms with Gasteiger partial charge in [0.25, 0.3) is 10.1 Å². The standard InChI is InChI=1S/C10H10ClN3O3S2/c1-6-3-9(19(15,16)17)8(4-7(6)11)14-10(18-2)13-5-12/h3-4H,1-2H3,(H,13,14)(H,15,16,17). The van der Waals surface area contributed by atoms with Gasteiger partial charge < -0.3 is 0 Å². The molecule has 0 heterocycles. The van der Waals surface area contributed by atoms with Crippen LogP contribution in [0.3, 0.4) is 0 Å². The number of hydrogen-bond acceptors (Lipinski definition) is 5. The summed E-state index contributed by atoms with van der Waals surface area (Å²) in [4.78, 5) is 3.60. The topological polar surface area (TPSA) is 103 Å². The van der Waals surface area contributed by atoms with E-state index in [1.54, 1.807) is 19.4 Å². The van der Waals surface area contributed by atoms with Crippen LogP contribution in [0, 0.1) is 18.4 Å². The van der Waals surface area contributed by atoms with Crippen LogP contribution in [0.1, 0.15) is 5.56 Å². The summed E-state index contributed by atoms with van der Waals surface area (Å²) < 4.78 is 31.8. The third-order valence-electron chi connectivity index (χ3n) is 2.10. The van der Waals surface area contributed by atoms with Crippen LogP contribution in [0.15, 0.2) is 22.0 Å². The Bertz CT molecular complexity index is 665. The van der Waals surface area contributed by atoms with Crippen molar-refractivity contribution in [2.45, 2.75) is 11.8 Å². The Morgan fingerprint density at radius 3 is 2.68 bits per heavy atom. The number of nitriles is 1. The molecule has 0 aliphatic carbocycles. The lowest BCUT2D eigenvalue weighted by atomic mass is 10.2. The highest BCUT2D eigenvalue weighted by atomic mass is 35.5. The van der Waals surface area contributed by atoms with Crippen molar-refractivity contribution < 1.29 is 13.0 Å². The zero-order valence-corrected chi connectivity index (χ0v) is 12.4. The van der Waals surface area contributed by atoms with Gasteiger partial charge in [0, 0.05) is 5.02 Å². The van der Waals surface area contributed by atoms with E-state index in [0.717, 1.165) is 11.8 Å². The van der Waals surface area contributed by atoms with Gasteiger partial charge in [-0.2, -0.15) is 13.7 Å². The van der Waals surface area contributed by atoms with Crippen LogP contribution >= 0.6 is 23.4 Å². The summed E-state index contributed by atoms with van der Waals surface area (Å²) in [5.74, 6) is 0. The summed E-state index contributed by atoms with van der Waals surface area (Å²) in [5, 5.41) is 11.3. The van der Waals surface area contributed by atoms with Gasteiger partial charge in [-0.1, -0.05) is 23.4 Å². The second kappa shape index (κ2) is 6.25. The van der Waals surface area contributed by atoms with Crippen molar-refractivity contribution in [1.29, 1.82) is 5.26 Å². The zero-order valence-electron chi connectivity index (χ0n) is 10.0. The number of rotatable bonds is 2. The molecule has 0 aromatic heterocycles. The minimum atomic E-state index is -4.43. The number of amidine groups is 1. The van der Waals surface area contributed by atoms with E-state index in [1.807, 2.05) is 0 Å². The monoisotopic (exact) mass is 319 g/mol. The van der Waals surface area contributed by atoms with Crippen LogP contribution < -0.4 is 5.32 Å². The molecule has 0 aliphatic heterocycles. The first-order valence-electron chi connectivity index (χ1n) is 4.85. The van der Waals surface area contributed by atoms with Crippen LogP contribution in [-0.4, -0.2) is 24.4 Å². The average molecular weight is 320 g/mol. The summed E-state index contributed by atoms with van der Waals surface area (Å²) in [6, 6.07) is 2.54. The third kappa shape index (κ3) is 4.11. The molecule has 1 rings (SSSR count). The zero-order chi connectivity index (χ0) is 14.6. The lowest BCUT2D eigenvalue weighted by Gasteiger charge is -2.07. The Morgan fingerprint density at radius 1 is 1.58 bits per heavy atom. The SMILES string of the molecule is CSC(=Nc1cc(Cl)c(C)cc1S(=O)(=O)O)NC#N. The van der Waals surface area contributed by atoms with Gasteiger partial charge in [-0.3, -0.25) is 9.87 Å². The second-order valence-electron chi connectivity index (χ2n) is 3.40. The van der Waals surface area contributed by atoms with Crippen LogP contribution in [0.4, 0.5) is 5.69 Å². The summed E-state index contributed by atoms with van der Waals surface area (Å²) in [6.45, 7) is 1.60. The Labute approximate surface area is 120 Å². The maximum absolute atomic E-state index is 11.3. The van der Waals surface area contributed by atoms with Crippen molar-refractivity contribution in [3.05, 3.63) is 22.7 Å². The first-order chi connectivity index (χ1) is 8.79. The van der Waals surface area contributed by atoms with Gasteiger partial charge in [0.05, 0.1) is 5.69 Å². The number of halogens is 1. The lowest BCUT2D eigenvalue weighted by Crippen LogP contribution is -2.13. The molecule has 2 N–H and O–H groups in total. The fourth-order valence-corrected chi connectivity index (χ4v) is 2.41. The summed E-state index contributed by atoms with van der Waals surface area (Å²) in [6.07, 6.45) is 3.34. The quantitative estimate of drug-likeness (QED) is 0.285. The van der Waals surface area contributed by atoms with Crippen molar-refractivity contribution in [1.82, 2.24) is 5.32 Å². The molecular weight excluding hydrogens is 310 g/mol. The molecule has 102 valence electrons. The lowest BCUT2D eigenvalue weighted by molar-refractivity contribution is 0.483. The van der Waals surface area contributed by atoms with Crippen LogP contribution in [0.5, 0.6) is 0 Å². The number of nitrogens with one attached hydrogen (secondary N) is 1. The number of hydrogen-bond donors (Lipinski definition) is 2. The summed E-state index contributed by atoms with van der Waals surface area (Å²) in [7, 11) is -4.43. The van der Waals surface area contributed by atoms with Gasteiger partial charge >= 0.3 is 0 Å². The Balaban J connectivity index is 3.50. The van der Waals surface area contributed by atoms with E-state index in [9.17, 15) is 8.42 Å². The molecule has 0 amide bonds. The van der Waals surface area contributed by atoms with Crippen LogP contribution in [0.2, 0.25) is 5.02 Å². The predicted molar refractivity (Wildman–Crippen MR) is 75.4 cm³/mol. The number of aryl methyl sites for hydroxylation is 1. The number of thioether (sulfide) groups is 1. The van der Waals surface area contributed by atoms with Gasteiger partial charge in [-0.05, 0) is 30.9 Å². The maximum atomic E-state index is 11.3. The predicted octanol–water partition coefficient (Wildman–Crippen LogP) is 2.32. The van der Waals surface area contributed by atoms with Crippen molar-refractivity contribution >= 4 is 44.3 Å². The Hall–Kier alpha value is -1.27. The molecule has 1 aromatic carbocycles. The van der Waals surface area contributed by atoms with Crippen molar-refractivity contribution in [2.24, 2.45) is 4.99 Å². The molecule has 0 radical (unpaired) electrons. The molecule has 0 spiro atoms. The van der Waals surface area contributed by atoms with E-state index >= 15 is 0 Å². The van der Waals surface area contributed by atoms with E-state index in [1.165, 1.54) is 12.1 Å². The molecule has 19 heavy (non-hydrogen) atoms. The third-order valence-corrected chi connectivity index (χ3v) is 3.97. The van der Waals surface area contributed by atoms with E-state index in [4.69, 9.17) is 21.4 Å². The molecule has 0 unspecified atom stereocenters. The molecule has 9 heteroatoms.